The highest BCUT2D eigenvalue weighted by Gasteiger charge is 2.12. The lowest BCUT2D eigenvalue weighted by molar-refractivity contribution is 0.102. The Bertz CT molecular complexity index is 877. The highest BCUT2D eigenvalue weighted by Crippen LogP contribution is 2.29. The molecule has 0 spiro atoms. The SMILES string of the molecule is COc1cc(NC(=O)c2ccccc2)ccc1NC(=O)c1cccs1. The molecule has 0 fully saturated rings. The fraction of sp³-hybridized carbons (Fsp3) is 0.0526. The summed E-state index contributed by atoms with van der Waals surface area (Å²) in [5.74, 6) is 0.0585. The molecule has 25 heavy (non-hydrogen) atoms. The molecule has 2 amide bonds. The lowest BCUT2D eigenvalue weighted by atomic mass is 10.2. The molecule has 0 aliphatic heterocycles. The standard InChI is InChI=1S/C19H16N2O3S/c1-24-16-12-14(20-18(22)13-6-3-2-4-7-13)9-10-15(16)21-19(23)17-8-5-11-25-17/h2-12H,1H3,(H,20,22)(H,21,23). The Hall–Kier alpha value is -3.12. The summed E-state index contributed by atoms with van der Waals surface area (Å²) in [7, 11) is 1.51. The van der Waals surface area contributed by atoms with Crippen LogP contribution >= 0.6 is 11.3 Å². The molecule has 5 nitrogen and oxygen atoms in total. The Kier molecular flexibility index (Phi) is 5.11. The molecule has 1 aromatic heterocycles. The van der Waals surface area contributed by atoms with Crippen molar-refractivity contribution >= 4 is 34.5 Å². The normalized spacial score (nSPS) is 10.1. The third kappa shape index (κ3) is 4.05. The number of benzene rings is 2. The summed E-state index contributed by atoms with van der Waals surface area (Å²) in [6.07, 6.45) is 0. The summed E-state index contributed by atoms with van der Waals surface area (Å²) in [5, 5.41) is 7.46. The van der Waals surface area contributed by atoms with Crippen molar-refractivity contribution in [3.63, 3.8) is 0 Å². The van der Waals surface area contributed by atoms with Crippen LogP contribution in [0.3, 0.4) is 0 Å². The topological polar surface area (TPSA) is 67.4 Å². The van der Waals surface area contributed by atoms with E-state index in [2.05, 4.69) is 10.6 Å². The van der Waals surface area contributed by atoms with Gasteiger partial charge in [-0.3, -0.25) is 9.59 Å². The van der Waals surface area contributed by atoms with E-state index in [1.54, 1.807) is 48.5 Å². The van der Waals surface area contributed by atoms with Crippen molar-refractivity contribution in [2.45, 2.75) is 0 Å². The average Bonchev–Trinajstić information content (AvgIpc) is 3.18. The van der Waals surface area contributed by atoms with Crippen LogP contribution in [0.2, 0.25) is 0 Å². The second-order valence-corrected chi connectivity index (χ2v) is 6.11. The van der Waals surface area contributed by atoms with E-state index in [0.29, 0.717) is 27.6 Å². The molecule has 0 aliphatic carbocycles. The maximum absolute atomic E-state index is 12.2. The Morgan fingerprint density at radius 1 is 0.920 bits per heavy atom. The second-order valence-electron chi connectivity index (χ2n) is 5.17. The van der Waals surface area contributed by atoms with E-state index in [4.69, 9.17) is 4.74 Å². The highest BCUT2D eigenvalue weighted by atomic mass is 32.1. The van der Waals surface area contributed by atoms with Crippen LogP contribution in [0.15, 0.2) is 66.0 Å². The quantitative estimate of drug-likeness (QED) is 0.721. The minimum atomic E-state index is -0.210. The number of amides is 2. The number of nitrogens with one attached hydrogen (secondary N) is 2. The number of ether oxygens (including phenoxy) is 1. The first-order chi connectivity index (χ1) is 12.2. The second kappa shape index (κ2) is 7.63. The molecule has 0 saturated carbocycles. The van der Waals surface area contributed by atoms with Crippen molar-refractivity contribution in [2.24, 2.45) is 0 Å². The number of anilines is 2. The molecular formula is C19H16N2O3S. The molecule has 0 unspecified atom stereocenters. The molecule has 0 aliphatic rings. The molecular weight excluding hydrogens is 336 g/mol. The first-order valence-corrected chi connectivity index (χ1v) is 8.44. The van der Waals surface area contributed by atoms with Gasteiger partial charge in [0.25, 0.3) is 11.8 Å². The van der Waals surface area contributed by atoms with Gasteiger partial charge < -0.3 is 15.4 Å². The molecule has 3 aromatic rings. The molecule has 3 rings (SSSR count). The molecule has 2 N–H and O–H groups in total. The van der Waals surface area contributed by atoms with Gasteiger partial charge in [-0.2, -0.15) is 0 Å². The van der Waals surface area contributed by atoms with Gasteiger partial charge in [-0.1, -0.05) is 24.3 Å². The molecule has 0 radical (unpaired) electrons. The third-order valence-corrected chi connectivity index (χ3v) is 4.36. The van der Waals surface area contributed by atoms with Crippen molar-refractivity contribution in [1.29, 1.82) is 0 Å². The van der Waals surface area contributed by atoms with Gasteiger partial charge in [-0.25, -0.2) is 0 Å². The van der Waals surface area contributed by atoms with Crippen molar-refractivity contribution in [2.75, 3.05) is 17.7 Å². The summed E-state index contributed by atoms with van der Waals surface area (Å²) in [6.45, 7) is 0. The maximum Gasteiger partial charge on any atom is 0.265 e. The zero-order valence-corrected chi connectivity index (χ0v) is 14.3. The predicted octanol–water partition coefficient (Wildman–Crippen LogP) is 4.26. The fourth-order valence-electron chi connectivity index (χ4n) is 2.26. The molecule has 6 heteroatoms. The first-order valence-electron chi connectivity index (χ1n) is 7.56. The molecule has 1 heterocycles. The smallest absolute Gasteiger partial charge is 0.265 e. The minimum Gasteiger partial charge on any atom is -0.494 e. The van der Waals surface area contributed by atoms with Crippen molar-refractivity contribution in [1.82, 2.24) is 0 Å². The number of hydrogen-bond donors (Lipinski definition) is 2. The van der Waals surface area contributed by atoms with Crippen LogP contribution in [0.4, 0.5) is 11.4 Å². The van der Waals surface area contributed by atoms with Gasteiger partial charge in [0, 0.05) is 17.3 Å². The van der Waals surface area contributed by atoms with Crippen molar-refractivity contribution in [3.05, 3.63) is 76.5 Å². The number of thiophene rings is 1. The predicted molar refractivity (Wildman–Crippen MR) is 99.7 cm³/mol. The zero-order valence-electron chi connectivity index (χ0n) is 13.5. The Morgan fingerprint density at radius 3 is 2.40 bits per heavy atom. The van der Waals surface area contributed by atoms with Crippen LogP contribution in [-0.4, -0.2) is 18.9 Å². The first kappa shape index (κ1) is 16.7. The Balaban J connectivity index is 1.75. The van der Waals surface area contributed by atoms with Crippen molar-refractivity contribution < 1.29 is 14.3 Å². The molecule has 0 bridgehead atoms. The van der Waals surface area contributed by atoms with E-state index in [-0.39, 0.29) is 11.8 Å². The van der Waals surface area contributed by atoms with Gasteiger partial charge in [0.1, 0.15) is 5.75 Å². The maximum atomic E-state index is 12.2. The lowest BCUT2D eigenvalue weighted by Crippen LogP contribution is -2.13. The largest absolute Gasteiger partial charge is 0.494 e. The summed E-state index contributed by atoms with van der Waals surface area (Å²) >= 11 is 1.36. The average molecular weight is 352 g/mol. The molecule has 126 valence electrons. The number of rotatable bonds is 5. The molecule has 2 aromatic carbocycles. The number of carbonyl (C=O) groups excluding carboxylic acids is 2. The van der Waals surface area contributed by atoms with Crippen LogP contribution in [0, 0.1) is 0 Å². The van der Waals surface area contributed by atoms with Gasteiger partial charge in [-0.15, -0.1) is 11.3 Å². The van der Waals surface area contributed by atoms with Gasteiger partial charge in [0.15, 0.2) is 0 Å². The summed E-state index contributed by atoms with van der Waals surface area (Å²) in [6, 6.07) is 17.6. The lowest BCUT2D eigenvalue weighted by Gasteiger charge is -2.12. The fourth-order valence-corrected chi connectivity index (χ4v) is 2.88. The number of hydrogen-bond acceptors (Lipinski definition) is 4. The number of methoxy groups -OCH3 is 1. The van der Waals surface area contributed by atoms with E-state index in [9.17, 15) is 9.59 Å². The van der Waals surface area contributed by atoms with Crippen LogP contribution in [0.1, 0.15) is 20.0 Å². The van der Waals surface area contributed by atoms with E-state index >= 15 is 0 Å². The monoisotopic (exact) mass is 352 g/mol. The van der Waals surface area contributed by atoms with E-state index in [0.717, 1.165) is 0 Å². The highest BCUT2D eigenvalue weighted by molar-refractivity contribution is 7.12. The van der Waals surface area contributed by atoms with Crippen LogP contribution in [0.25, 0.3) is 0 Å². The van der Waals surface area contributed by atoms with E-state index < -0.39 is 0 Å². The van der Waals surface area contributed by atoms with Gasteiger partial charge >= 0.3 is 0 Å². The zero-order chi connectivity index (χ0) is 17.6. The van der Waals surface area contributed by atoms with E-state index in [1.165, 1.54) is 18.4 Å². The van der Waals surface area contributed by atoms with Crippen LogP contribution < -0.4 is 15.4 Å². The van der Waals surface area contributed by atoms with Gasteiger partial charge in [0.05, 0.1) is 17.7 Å². The van der Waals surface area contributed by atoms with Crippen LogP contribution in [-0.2, 0) is 0 Å². The number of carbonyl (C=O) groups is 2. The third-order valence-electron chi connectivity index (χ3n) is 3.49. The summed E-state index contributed by atoms with van der Waals surface area (Å²) in [4.78, 5) is 25.0. The minimum absolute atomic E-state index is 0.200. The molecule has 0 saturated heterocycles. The summed E-state index contributed by atoms with van der Waals surface area (Å²) < 4.78 is 5.33. The molecule has 0 atom stereocenters. The Morgan fingerprint density at radius 2 is 1.72 bits per heavy atom. The van der Waals surface area contributed by atoms with Gasteiger partial charge in [-0.05, 0) is 35.7 Å². The van der Waals surface area contributed by atoms with E-state index in [1.807, 2.05) is 17.5 Å². The van der Waals surface area contributed by atoms with Crippen molar-refractivity contribution in [3.8, 4) is 5.75 Å². The Labute approximate surface area is 149 Å². The van der Waals surface area contributed by atoms with Crippen LogP contribution in [0.5, 0.6) is 5.75 Å². The summed E-state index contributed by atoms with van der Waals surface area (Å²) in [5.41, 5.74) is 1.69. The van der Waals surface area contributed by atoms with Gasteiger partial charge in [0.2, 0.25) is 0 Å².